The highest BCUT2D eigenvalue weighted by atomic mass is 33.1. The molecule has 0 aromatic heterocycles. The number of hydrogen-bond donors (Lipinski definition) is 1. The predicted molar refractivity (Wildman–Crippen MR) is 124 cm³/mol. The molecule has 30 heavy (non-hydrogen) atoms. The SMILES string of the molecule is CCCCCCCCCCCCSSCOCC(CC)(CO)C(=O)OCC.O=C=O. The van der Waals surface area contributed by atoms with Crippen molar-refractivity contribution in [2.75, 3.05) is 31.5 Å². The first-order valence-corrected chi connectivity index (χ1v) is 13.7. The monoisotopic (exact) mass is 466 g/mol. The minimum Gasteiger partial charge on any atom is -0.465 e. The predicted octanol–water partition coefficient (Wildman–Crippen LogP) is 5.63. The smallest absolute Gasteiger partial charge is 0.373 e. The zero-order chi connectivity index (χ0) is 22.9. The van der Waals surface area contributed by atoms with Crippen molar-refractivity contribution in [2.45, 2.75) is 91.4 Å². The molecule has 0 rings (SSSR count). The number of aliphatic hydroxyl groups is 1. The van der Waals surface area contributed by atoms with Gasteiger partial charge in [-0.3, -0.25) is 4.79 Å². The van der Waals surface area contributed by atoms with Crippen LogP contribution in [-0.4, -0.2) is 48.7 Å². The van der Waals surface area contributed by atoms with Crippen LogP contribution in [0.15, 0.2) is 0 Å². The maximum atomic E-state index is 12.0. The molecule has 0 heterocycles. The molecule has 1 unspecified atom stereocenters. The van der Waals surface area contributed by atoms with Gasteiger partial charge in [-0.15, -0.1) is 0 Å². The second kappa shape index (κ2) is 24.7. The summed E-state index contributed by atoms with van der Waals surface area (Å²) in [6.07, 6.45) is 14.4. The van der Waals surface area contributed by atoms with Crippen molar-refractivity contribution < 1.29 is 29.0 Å². The minimum absolute atomic E-state index is 0.213. The highest BCUT2D eigenvalue weighted by molar-refractivity contribution is 8.76. The molecule has 0 aliphatic heterocycles. The van der Waals surface area contributed by atoms with Crippen molar-refractivity contribution in [1.29, 1.82) is 0 Å². The van der Waals surface area contributed by atoms with Gasteiger partial charge in [0, 0.05) is 5.75 Å². The molecule has 0 aliphatic rings. The molecule has 0 saturated heterocycles. The van der Waals surface area contributed by atoms with Crippen molar-refractivity contribution >= 4 is 33.7 Å². The Morgan fingerprint density at radius 2 is 1.43 bits per heavy atom. The third-order valence-electron chi connectivity index (χ3n) is 4.86. The number of carbonyl (C=O) groups is 1. The van der Waals surface area contributed by atoms with Crippen LogP contribution in [0, 0.1) is 5.41 Å². The van der Waals surface area contributed by atoms with Crippen LogP contribution < -0.4 is 0 Å². The van der Waals surface area contributed by atoms with Crippen molar-refractivity contribution in [2.24, 2.45) is 5.41 Å². The van der Waals surface area contributed by atoms with Crippen LogP contribution in [0.4, 0.5) is 0 Å². The quantitative estimate of drug-likeness (QED) is 0.107. The van der Waals surface area contributed by atoms with Gasteiger partial charge < -0.3 is 14.6 Å². The van der Waals surface area contributed by atoms with Crippen LogP contribution in [0.5, 0.6) is 0 Å². The Bertz CT molecular complexity index is 410. The molecular weight excluding hydrogens is 424 g/mol. The summed E-state index contributed by atoms with van der Waals surface area (Å²) in [6.45, 7) is 6.22. The van der Waals surface area contributed by atoms with Gasteiger partial charge in [0.25, 0.3) is 0 Å². The van der Waals surface area contributed by atoms with Gasteiger partial charge in [0.2, 0.25) is 0 Å². The lowest BCUT2D eigenvalue weighted by atomic mass is 9.87. The van der Waals surface area contributed by atoms with E-state index in [0.29, 0.717) is 19.0 Å². The van der Waals surface area contributed by atoms with Crippen LogP contribution in [0.25, 0.3) is 0 Å². The van der Waals surface area contributed by atoms with Crippen molar-refractivity contribution in [3.05, 3.63) is 0 Å². The molecule has 0 bridgehead atoms. The van der Waals surface area contributed by atoms with Crippen LogP contribution in [-0.2, 0) is 23.9 Å². The van der Waals surface area contributed by atoms with E-state index in [1.807, 2.05) is 17.7 Å². The molecule has 178 valence electrons. The first-order chi connectivity index (χ1) is 14.6. The van der Waals surface area contributed by atoms with E-state index in [1.54, 1.807) is 17.7 Å². The molecule has 0 radical (unpaired) electrons. The molecule has 8 heteroatoms. The summed E-state index contributed by atoms with van der Waals surface area (Å²) in [5.74, 6) is 1.31. The van der Waals surface area contributed by atoms with E-state index < -0.39 is 5.41 Å². The number of hydrogen-bond acceptors (Lipinski definition) is 8. The van der Waals surface area contributed by atoms with Gasteiger partial charge in [0.05, 0.1) is 19.8 Å². The van der Waals surface area contributed by atoms with Crippen molar-refractivity contribution in [3.63, 3.8) is 0 Å². The van der Waals surface area contributed by atoms with Gasteiger partial charge in [-0.2, -0.15) is 9.59 Å². The molecule has 0 amide bonds. The highest BCUT2D eigenvalue weighted by Crippen LogP contribution is 2.27. The molecule has 6 nitrogen and oxygen atoms in total. The summed E-state index contributed by atoms with van der Waals surface area (Å²) in [7, 11) is 3.51. The Hall–Kier alpha value is -0.530. The highest BCUT2D eigenvalue weighted by Gasteiger charge is 2.38. The standard InChI is InChI=1S/C21H42O4S2.CO2/c1-4-7-8-9-10-11-12-13-14-15-16-26-27-19-24-18-21(5-2,17-22)20(23)25-6-3;2-1-3/h22H,4-19H2,1-3H3;. The van der Waals surface area contributed by atoms with Crippen LogP contribution >= 0.6 is 21.6 Å². The van der Waals surface area contributed by atoms with E-state index in [9.17, 15) is 9.90 Å². The van der Waals surface area contributed by atoms with Gasteiger partial charge >= 0.3 is 12.1 Å². The molecular formula is C22H42O6S2. The normalized spacial score (nSPS) is 12.4. The van der Waals surface area contributed by atoms with Crippen LogP contribution in [0.1, 0.15) is 91.4 Å². The molecule has 1 N–H and O–H groups in total. The topological polar surface area (TPSA) is 89.9 Å². The first-order valence-electron chi connectivity index (χ1n) is 11.2. The Morgan fingerprint density at radius 3 is 1.90 bits per heavy atom. The Kier molecular flexibility index (Phi) is 26.1. The molecule has 0 aromatic carbocycles. The summed E-state index contributed by atoms with van der Waals surface area (Å²) >= 11 is 0. The van der Waals surface area contributed by atoms with E-state index in [2.05, 4.69) is 6.92 Å². The van der Waals surface area contributed by atoms with Gasteiger partial charge in [-0.1, -0.05) is 93.2 Å². The number of carbonyl (C=O) groups excluding carboxylic acids is 3. The van der Waals surface area contributed by atoms with E-state index in [-0.39, 0.29) is 25.3 Å². The molecule has 0 saturated carbocycles. The Balaban J connectivity index is 0. The average Bonchev–Trinajstić information content (AvgIpc) is 2.74. The van der Waals surface area contributed by atoms with Gasteiger partial charge in [0.15, 0.2) is 0 Å². The second-order valence-electron chi connectivity index (χ2n) is 7.18. The van der Waals surface area contributed by atoms with Gasteiger partial charge in [-0.25, -0.2) is 0 Å². The fourth-order valence-corrected chi connectivity index (χ4v) is 4.60. The number of ether oxygens (including phenoxy) is 2. The van der Waals surface area contributed by atoms with E-state index in [1.165, 1.54) is 64.2 Å². The van der Waals surface area contributed by atoms with Gasteiger partial charge in [0.1, 0.15) is 11.4 Å². The molecule has 0 aliphatic carbocycles. The minimum atomic E-state index is -0.919. The summed E-state index contributed by atoms with van der Waals surface area (Å²) in [5, 5.41) is 9.60. The third kappa shape index (κ3) is 18.3. The fraction of sp³-hybridized carbons (Fsp3) is 0.909. The summed E-state index contributed by atoms with van der Waals surface area (Å²) < 4.78 is 10.7. The number of unbranched alkanes of at least 4 members (excludes halogenated alkanes) is 9. The molecule has 1 atom stereocenters. The zero-order valence-electron chi connectivity index (χ0n) is 19.1. The Morgan fingerprint density at radius 1 is 0.900 bits per heavy atom. The maximum absolute atomic E-state index is 12.0. The lowest BCUT2D eigenvalue weighted by Gasteiger charge is -2.27. The first kappa shape index (κ1) is 31.7. The van der Waals surface area contributed by atoms with E-state index >= 15 is 0 Å². The van der Waals surface area contributed by atoms with E-state index in [0.717, 1.165) is 5.75 Å². The lowest BCUT2D eigenvalue weighted by molar-refractivity contribution is -0.191. The van der Waals surface area contributed by atoms with Crippen LogP contribution in [0.3, 0.4) is 0 Å². The average molecular weight is 467 g/mol. The summed E-state index contributed by atoms with van der Waals surface area (Å²) in [5.41, 5.74) is -0.919. The number of aliphatic hydroxyl groups excluding tert-OH is 1. The van der Waals surface area contributed by atoms with Crippen molar-refractivity contribution in [1.82, 2.24) is 0 Å². The lowest BCUT2D eigenvalue weighted by Crippen LogP contribution is -2.40. The van der Waals surface area contributed by atoms with Gasteiger partial charge in [-0.05, 0) is 19.8 Å². The molecule has 0 fully saturated rings. The largest absolute Gasteiger partial charge is 0.465 e. The maximum Gasteiger partial charge on any atom is 0.373 e. The van der Waals surface area contributed by atoms with E-state index in [4.69, 9.17) is 19.1 Å². The van der Waals surface area contributed by atoms with Crippen molar-refractivity contribution in [3.8, 4) is 0 Å². The summed E-state index contributed by atoms with van der Waals surface area (Å²) in [4.78, 5) is 28.3. The zero-order valence-corrected chi connectivity index (χ0v) is 20.8. The van der Waals surface area contributed by atoms with Crippen LogP contribution in [0.2, 0.25) is 0 Å². The number of rotatable bonds is 20. The summed E-state index contributed by atoms with van der Waals surface area (Å²) in [6, 6.07) is 0. The fourth-order valence-electron chi connectivity index (χ4n) is 2.82. The molecule has 0 spiro atoms. The second-order valence-corrected chi connectivity index (χ2v) is 9.71. The third-order valence-corrected chi connectivity index (χ3v) is 7.04. The molecule has 0 aromatic rings. The number of esters is 1. The Labute approximate surface area is 191 Å².